The number of nitrogens with zero attached hydrogens (tertiary/aromatic N) is 1. The highest BCUT2D eigenvalue weighted by Crippen LogP contribution is 2.42. The largest absolute Gasteiger partial charge is 0.337 e. The topological polar surface area (TPSA) is 4.93 Å². The molecule has 88 valence electrons. The Balaban J connectivity index is 2.02. The lowest BCUT2D eigenvalue weighted by Crippen LogP contribution is -1.95. The first-order valence-corrected chi connectivity index (χ1v) is 6.59. The number of benzene rings is 2. The molecule has 1 saturated carbocycles. The van der Waals surface area contributed by atoms with E-state index in [1.54, 1.807) is 0 Å². The SMILES string of the molecule is c1ccc(-c2cc3ccccc3n2C2CC2)cc1. The van der Waals surface area contributed by atoms with E-state index in [2.05, 4.69) is 65.2 Å². The predicted octanol–water partition coefficient (Wildman–Crippen LogP) is 4.64. The normalized spacial score (nSPS) is 15.1. The van der Waals surface area contributed by atoms with E-state index in [1.807, 2.05) is 0 Å². The Morgan fingerprint density at radius 2 is 1.56 bits per heavy atom. The molecule has 0 bridgehead atoms. The second-order valence-corrected chi connectivity index (χ2v) is 5.06. The van der Waals surface area contributed by atoms with Crippen LogP contribution in [0, 0.1) is 0 Å². The molecule has 1 nitrogen and oxygen atoms in total. The third-order valence-corrected chi connectivity index (χ3v) is 3.73. The van der Waals surface area contributed by atoms with E-state index < -0.39 is 0 Å². The molecule has 1 aliphatic rings. The van der Waals surface area contributed by atoms with Gasteiger partial charge in [-0.2, -0.15) is 0 Å². The molecule has 0 aliphatic heterocycles. The van der Waals surface area contributed by atoms with Crippen LogP contribution in [0.25, 0.3) is 22.2 Å². The Kier molecular flexibility index (Phi) is 2.07. The number of hydrogen-bond acceptors (Lipinski definition) is 0. The Bertz CT molecular complexity index is 690. The van der Waals surface area contributed by atoms with Crippen LogP contribution in [-0.2, 0) is 0 Å². The van der Waals surface area contributed by atoms with Crippen LogP contribution >= 0.6 is 0 Å². The second-order valence-electron chi connectivity index (χ2n) is 5.06. The van der Waals surface area contributed by atoms with E-state index >= 15 is 0 Å². The molecule has 1 heteroatoms. The lowest BCUT2D eigenvalue weighted by Gasteiger charge is -2.09. The van der Waals surface area contributed by atoms with Gasteiger partial charge >= 0.3 is 0 Å². The van der Waals surface area contributed by atoms with Crippen molar-refractivity contribution in [2.45, 2.75) is 18.9 Å². The number of aromatic nitrogens is 1. The molecule has 18 heavy (non-hydrogen) atoms. The van der Waals surface area contributed by atoms with Gasteiger partial charge in [-0.05, 0) is 30.5 Å². The van der Waals surface area contributed by atoms with Crippen LogP contribution in [0.15, 0.2) is 60.7 Å². The average molecular weight is 233 g/mol. The Morgan fingerprint density at radius 3 is 2.33 bits per heavy atom. The predicted molar refractivity (Wildman–Crippen MR) is 75.6 cm³/mol. The van der Waals surface area contributed by atoms with Gasteiger partial charge in [0.1, 0.15) is 0 Å². The summed E-state index contributed by atoms with van der Waals surface area (Å²) < 4.78 is 2.52. The third-order valence-electron chi connectivity index (χ3n) is 3.73. The van der Waals surface area contributed by atoms with E-state index in [4.69, 9.17) is 0 Å². The molecule has 1 aliphatic carbocycles. The molecule has 4 rings (SSSR count). The van der Waals surface area contributed by atoms with Crippen LogP contribution in [0.3, 0.4) is 0 Å². The van der Waals surface area contributed by atoms with Gasteiger partial charge in [0.05, 0.1) is 0 Å². The molecular formula is C17H15N. The molecule has 0 saturated heterocycles. The van der Waals surface area contributed by atoms with Gasteiger partial charge in [-0.3, -0.25) is 0 Å². The average Bonchev–Trinajstić information content (AvgIpc) is 3.19. The Hall–Kier alpha value is -2.02. The molecule has 0 N–H and O–H groups in total. The van der Waals surface area contributed by atoms with Gasteiger partial charge in [-0.1, -0.05) is 48.5 Å². The van der Waals surface area contributed by atoms with Crippen molar-refractivity contribution in [3.05, 3.63) is 60.7 Å². The zero-order valence-corrected chi connectivity index (χ0v) is 10.2. The van der Waals surface area contributed by atoms with Crippen LogP contribution in [0.4, 0.5) is 0 Å². The number of para-hydroxylation sites is 1. The highest BCUT2D eigenvalue weighted by Gasteiger charge is 2.27. The fourth-order valence-corrected chi connectivity index (χ4v) is 2.73. The van der Waals surface area contributed by atoms with Crippen molar-refractivity contribution in [2.24, 2.45) is 0 Å². The summed E-state index contributed by atoms with van der Waals surface area (Å²) in [6.07, 6.45) is 2.64. The molecule has 2 aromatic carbocycles. The number of rotatable bonds is 2. The van der Waals surface area contributed by atoms with Crippen LogP contribution in [0.2, 0.25) is 0 Å². The van der Waals surface area contributed by atoms with E-state index in [0.717, 1.165) is 0 Å². The van der Waals surface area contributed by atoms with Gasteiger partial charge in [-0.25, -0.2) is 0 Å². The van der Waals surface area contributed by atoms with E-state index in [-0.39, 0.29) is 0 Å². The zero-order valence-electron chi connectivity index (χ0n) is 10.2. The fourth-order valence-electron chi connectivity index (χ4n) is 2.73. The summed E-state index contributed by atoms with van der Waals surface area (Å²) in [4.78, 5) is 0. The summed E-state index contributed by atoms with van der Waals surface area (Å²) in [5.74, 6) is 0. The summed E-state index contributed by atoms with van der Waals surface area (Å²) in [5, 5.41) is 1.35. The van der Waals surface area contributed by atoms with Crippen molar-refractivity contribution in [2.75, 3.05) is 0 Å². The van der Waals surface area contributed by atoms with Gasteiger partial charge in [0.2, 0.25) is 0 Å². The smallest absolute Gasteiger partial charge is 0.0493 e. The van der Waals surface area contributed by atoms with Gasteiger partial charge < -0.3 is 4.57 Å². The van der Waals surface area contributed by atoms with E-state index in [0.29, 0.717) is 6.04 Å². The second kappa shape index (κ2) is 3.74. The summed E-state index contributed by atoms with van der Waals surface area (Å²) in [6, 6.07) is 22.4. The number of hydrogen-bond donors (Lipinski definition) is 0. The maximum absolute atomic E-state index is 2.52. The van der Waals surface area contributed by atoms with Crippen molar-refractivity contribution >= 4 is 10.9 Å². The maximum Gasteiger partial charge on any atom is 0.0493 e. The molecule has 0 radical (unpaired) electrons. The van der Waals surface area contributed by atoms with Gasteiger partial charge in [0, 0.05) is 22.6 Å². The van der Waals surface area contributed by atoms with Gasteiger partial charge in [0.15, 0.2) is 0 Å². The molecule has 0 atom stereocenters. The van der Waals surface area contributed by atoms with E-state index in [1.165, 1.54) is 35.0 Å². The molecule has 0 unspecified atom stereocenters. The van der Waals surface area contributed by atoms with Gasteiger partial charge in [0.25, 0.3) is 0 Å². The van der Waals surface area contributed by atoms with Crippen molar-refractivity contribution < 1.29 is 0 Å². The summed E-state index contributed by atoms with van der Waals surface area (Å²) in [6.45, 7) is 0. The Morgan fingerprint density at radius 1 is 0.833 bits per heavy atom. The minimum absolute atomic E-state index is 0.708. The van der Waals surface area contributed by atoms with Crippen molar-refractivity contribution in [3.63, 3.8) is 0 Å². The van der Waals surface area contributed by atoms with E-state index in [9.17, 15) is 0 Å². The van der Waals surface area contributed by atoms with Gasteiger partial charge in [-0.15, -0.1) is 0 Å². The molecule has 1 heterocycles. The van der Waals surface area contributed by atoms with Crippen molar-refractivity contribution in [1.82, 2.24) is 4.57 Å². The minimum Gasteiger partial charge on any atom is -0.337 e. The van der Waals surface area contributed by atoms with Crippen molar-refractivity contribution in [1.29, 1.82) is 0 Å². The lowest BCUT2D eigenvalue weighted by molar-refractivity contribution is 0.784. The quantitative estimate of drug-likeness (QED) is 0.607. The number of fused-ring (bicyclic) bond motifs is 1. The van der Waals surface area contributed by atoms with Crippen LogP contribution < -0.4 is 0 Å². The maximum atomic E-state index is 2.52. The highest BCUT2D eigenvalue weighted by molar-refractivity contribution is 5.87. The molecule has 0 amide bonds. The third kappa shape index (κ3) is 1.47. The van der Waals surface area contributed by atoms with Crippen LogP contribution in [0.5, 0.6) is 0 Å². The first kappa shape index (κ1) is 9.95. The zero-order chi connectivity index (χ0) is 11.9. The van der Waals surface area contributed by atoms with Crippen LogP contribution in [-0.4, -0.2) is 4.57 Å². The Labute approximate surface area is 107 Å². The standard InChI is InChI=1S/C17H15N/c1-2-6-13(7-3-1)17-12-14-8-4-5-9-16(14)18(17)15-10-11-15/h1-9,12,15H,10-11H2. The minimum atomic E-state index is 0.708. The fraction of sp³-hybridized carbons (Fsp3) is 0.176. The summed E-state index contributed by atoms with van der Waals surface area (Å²) >= 11 is 0. The molecule has 1 aromatic heterocycles. The first-order valence-electron chi connectivity index (χ1n) is 6.59. The highest BCUT2D eigenvalue weighted by atomic mass is 15.1. The first-order chi connectivity index (χ1) is 8.93. The van der Waals surface area contributed by atoms with Crippen LogP contribution in [0.1, 0.15) is 18.9 Å². The summed E-state index contributed by atoms with van der Waals surface area (Å²) in [7, 11) is 0. The molecular weight excluding hydrogens is 218 g/mol. The molecule has 0 spiro atoms. The monoisotopic (exact) mass is 233 g/mol. The van der Waals surface area contributed by atoms with Crippen molar-refractivity contribution in [3.8, 4) is 11.3 Å². The molecule has 1 fully saturated rings. The summed E-state index contributed by atoms with van der Waals surface area (Å²) in [5.41, 5.74) is 4.05. The lowest BCUT2D eigenvalue weighted by atomic mass is 10.1. The molecule has 3 aromatic rings.